The van der Waals surface area contributed by atoms with Gasteiger partial charge in [-0.1, -0.05) is 26.0 Å². The lowest BCUT2D eigenvalue weighted by atomic mass is 9.78. The van der Waals surface area contributed by atoms with E-state index in [-0.39, 0.29) is 16.9 Å². The Morgan fingerprint density at radius 3 is 1.52 bits per heavy atom. The molecule has 8 heteroatoms. The standard InChI is InChI=1S/C15H12Br4O2.C2H6O2/c1-15(2,7-3-5-8(20)6-4-7)9-10(16)12(18)14(21)13(19)11(9)17;1-2(3)4/h3-6,20-21H,1-2H3;2-4H,1H3. The molecule has 0 aromatic heterocycles. The van der Waals surface area contributed by atoms with Gasteiger partial charge >= 0.3 is 0 Å². The predicted molar refractivity (Wildman–Crippen MR) is 113 cm³/mol. The summed E-state index contributed by atoms with van der Waals surface area (Å²) in [6.07, 6.45) is -1.17. The summed E-state index contributed by atoms with van der Waals surface area (Å²) in [5, 5.41) is 34.8. The summed E-state index contributed by atoms with van der Waals surface area (Å²) in [5.74, 6) is 0.375. The van der Waals surface area contributed by atoms with Gasteiger partial charge in [-0.15, -0.1) is 0 Å². The number of hydrogen-bond acceptors (Lipinski definition) is 4. The van der Waals surface area contributed by atoms with Crippen LogP contribution in [-0.4, -0.2) is 26.7 Å². The van der Waals surface area contributed by atoms with Crippen LogP contribution in [0.3, 0.4) is 0 Å². The molecule has 0 saturated carbocycles. The minimum atomic E-state index is -1.17. The predicted octanol–water partition coefficient (Wildman–Crippen LogP) is 5.79. The Balaban J connectivity index is 0.000000705. The smallest absolute Gasteiger partial charge is 0.148 e. The van der Waals surface area contributed by atoms with E-state index in [1.165, 1.54) is 6.92 Å². The monoisotopic (exact) mass is 602 g/mol. The summed E-state index contributed by atoms with van der Waals surface area (Å²) in [5.41, 5.74) is 1.69. The molecule has 0 aliphatic rings. The normalized spacial score (nSPS) is 11.3. The number of rotatable bonds is 2. The number of phenols is 2. The lowest BCUT2D eigenvalue weighted by Crippen LogP contribution is -2.20. The van der Waals surface area contributed by atoms with Gasteiger partial charge in [-0.25, -0.2) is 0 Å². The number of halogens is 4. The summed E-state index contributed by atoms with van der Waals surface area (Å²) in [6, 6.07) is 7.12. The van der Waals surface area contributed by atoms with Crippen LogP contribution >= 0.6 is 63.7 Å². The molecule has 4 nitrogen and oxygen atoms in total. The highest BCUT2D eigenvalue weighted by Crippen LogP contribution is 2.51. The average molecular weight is 606 g/mol. The average Bonchev–Trinajstić information content (AvgIpc) is 2.51. The van der Waals surface area contributed by atoms with Crippen molar-refractivity contribution in [2.45, 2.75) is 32.5 Å². The molecule has 4 N–H and O–H groups in total. The number of phenolic OH excluding ortho intramolecular Hbond substituents is 2. The summed E-state index contributed by atoms with van der Waals surface area (Å²) in [4.78, 5) is 0. The SMILES string of the molecule is CC(C)(c1ccc(O)cc1)c1c(Br)c(Br)c(O)c(Br)c1Br.CC(O)O. The van der Waals surface area contributed by atoms with E-state index in [0.29, 0.717) is 8.95 Å². The Kier molecular flexibility index (Phi) is 8.43. The summed E-state index contributed by atoms with van der Waals surface area (Å²) < 4.78 is 2.76. The highest BCUT2D eigenvalue weighted by atomic mass is 79.9. The van der Waals surface area contributed by atoms with E-state index in [9.17, 15) is 10.2 Å². The third kappa shape index (κ3) is 5.43. The lowest BCUT2D eigenvalue weighted by molar-refractivity contribution is -0.0228. The summed E-state index contributed by atoms with van der Waals surface area (Å²) in [7, 11) is 0. The van der Waals surface area contributed by atoms with E-state index in [4.69, 9.17) is 10.2 Å². The van der Waals surface area contributed by atoms with E-state index in [1.54, 1.807) is 12.1 Å². The molecule has 0 unspecified atom stereocenters. The van der Waals surface area contributed by atoms with Crippen molar-refractivity contribution >= 4 is 63.7 Å². The first-order chi connectivity index (χ1) is 11.4. The fourth-order valence-corrected chi connectivity index (χ4v) is 5.28. The lowest BCUT2D eigenvalue weighted by Gasteiger charge is -2.30. The van der Waals surface area contributed by atoms with Crippen molar-refractivity contribution in [2.24, 2.45) is 0 Å². The number of aliphatic hydroxyl groups excluding tert-OH is 1. The molecule has 0 heterocycles. The third-order valence-electron chi connectivity index (χ3n) is 3.45. The molecule has 138 valence electrons. The van der Waals surface area contributed by atoms with Crippen molar-refractivity contribution in [3.05, 3.63) is 53.3 Å². The van der Waals surface area contributed by atoms with Gasteiger partial charge in [0.2, 0.25) is 0 Å². The van der Waals surface area contributed by atoms with E-state index in [2.05, 4.69) is 77.6 Å². The first kappa shape index (κ1) is 22.9. The minimum absolute atomic E-state index is 0.138. The fourth-order valence-electron chi connectivity index (χ4n) is 2.19. The Hall–Kier alpha value is -0.120. The second kappa shape index (κ2) is 9.19. The maximum absolute atomic E-state index is 10.1. The molecule has 2 rings (SSSR count). The largest absolute Gasteiger partial charge is 0.508 e. The van der Waals surface area contributed by atoms with Gasteiger partial charge in [0.1, 0.15) is 17.8 Å². The molecular formula is C17H18Br4O4. The number of hydrogen-bond donors (Lipinski definition) is 4. The third-order valence-corrected chi connectivity index (χ3v) is 7.65. The number of aliphatic hydroxyl groups is 2. The van der Waals surface area contributed by atoms with Crippen LogP contribution in [0.15, 0.2) is 42.2 Å². The van der Waals surface area contributed by atoms with Crippen LogP contribution in [0.1, 0.15) is 31.9 Å². The number of benzene rings is 2. The van der Waals surface area contributed by atoms with Crippen LogP contribution in [0.25, 0.3) is 0 Å². The van der Waals surface area contributed by atoms with Crippen molar-refractivity contribution in [1.82, 2.24) is 0 Å². The molecule has 0 amide bonds. The molecule has 25 heavy (non-hydrogen) atoms. The second-order valence-electron chi connectivity index (χ2n) is 5.78. The van der Waals surface area contributed by atoms with Gasteiger partial charge in [0.15, 0.2) is 0 Å². The van der Waals surface area contributed by atoms with Crippen LogP contribution in [-0.2, 0) is 5.41 Å². The Bertz CT molecular complexity index is 712. The number of aromatic hydroxyl groups is 2. The zero-order valence-corrected chi connectivity index (χ0v) is 20.0. The van der Waals surface area contributed by atoms with Crippen LogP contribution in [0.2, 0.25) is 0 Å². The van der Waals surface area contributed by atoms with Gasteiger partial charge < -0.3 is 20.4 Å². The topological polar surface area (TPSA) is 80.9 Å². The van der Waals surface area contributed by atoms with E-state index in [1.807, 2.05) is 12.1 Å². The molecule has 0 spiro atoms. The van der Waals surface area contributed by atoms with Gasteiger partial charge in [0, 0.05) is 14.4 Å². The molecular weight excluding hydrogens is 588 g/mol. The zero-order chi connectivity index (χ0) is 19.5. The van der Waals surface area contributed by atoms with E-state index < -0.39 is 6.29 Å². The van der Waals surface area contributed by atoms with Crippen LogP contribution in [0.5, 0.6) is 11.5 Å². The van der Waals surface area contributed by atoms with Gasteiger partial charge in [-0.05, 0) is 93.9 Å². The van der Waals surface area contributed by atoms with Gasteiger partial charge in [-0.2, -0.15) is 0 Å². The maximum atomic E-state index is 10.1. The first-order valence-corrected chi connectivity index (χ1v) is 10.3. The molecule has 2 aromatic carbocycles. The molecule has 0 aliphatic heterocycles. The molecule has 0 radical (unpaired) electrons. The molecule has 0 atom stereocenters. The Morgan fingerprint density at radius 1 is 0.800 bits per heavy atom. The Labute approximate surface area is 180 Å². The molecule has 0 saturated heterocycles. The van der Waals surface area contributed by atoms with Crippen molar-refractivity contribution < 1.29 is 20.4 Å². The van der Waals surface area contributed by atoms with Crippen molar-refractivity contribution in [2.75, 3.05) is 0 Å². The fraction of sp³-hybridized carbons (Fsp3) is 0.294. The van der Waals surface area contributed by atoms with Gasteiger partial charge in [-0.3, -0.25) is 0 Å². The van der Waals surface area contributed by atoms with Crippen LogP contribution < -0.4 is 0 Å². The van der Waals surface area contributed by atoms with E-state index >= 15 is 0 Å². The highest BCUT2D eigenvalue weighted by Gasteiger charge is 2.31. The molecule has 2 aromatic rings. The first-order valence-electron chi connectivity index (χ1n) is 7.12. The quantitative estimate of drug-likeness (QED) is 0.258. The van der Waals surface area contributed by atoms with Crippen LogP contribution in [0, 0.1) is 0 Å². The van der Waals surface area contributed by atoms with Crippen LogP contribution in [0.4, 0.5) is 0 Å². The summed E-state index contributed by atoms with van der Waals surface area (Å²) >= 11 is 13.9. The zero-order valence-electron chi connectivity index (χ0n) is 13.7. The molecule has 0 bridgehead atoms. The van der Waals surface area contributed by atoms with Crippen molar-refractivity contribution in [3.8, 4) is 11.5 Å². The summed E-state index contributed by atoms with van der Waals surface area (Å²) in [6.45, 7) is 5.44. The van der Waals surface area contributed by atoms with Crippen molar-refractivity contribution in [1.29, 1.82) is 0 Å². The maximum Gasteiger partial charge on any atom is 0.148 e. The van der Waals surface area contributed by atoms with Gasteiger partial charge in [0.05, 0.1) is 8.95 Å². The van der Waals surface area contributed by atoms with Gasteiger partial charge in [0.25, 0.3) is 0 Å². The molecule has 0 aliphatic carbocycles. The van der Waals surface area contributed by atoms with Crippen molar-refractivity contribution in [3.63, 3.8) is 0 Å². The second-order valence-corrected chi connectivity index (χ2v) is 8.96. The highest BCUT2D eigenvalue weighted by molar-refractivity contribution is 9.14. The van der Waals surface area contributed by atoms with E-state index in [0.717, 1.165) is 20.1 Å². The Morgan fingerprint density at radius 2 is 1.16 bits per heavy atom. The minimum Gasteiger partial charge on any atom is -0.508 e. The molecule has 0 fully saturated rings.